The highest BCUT2D eigenvalue weighted by Gasteiger charge is 2.25. The van der Waals surface area contributed by atoms with Crippen LogP contribution in [0.4, 0.5) is 22.1 Å². The van der Waals surface area contributed by atoms with E-state index in [4.69, 9.17) is 19.2 Å². The number of hydrogen-bond acceptors (Lipinski definition) is 10. The highest BCUT2D eigenvalue weighted by molar-refractivity contribution is 6.00. The van der Waals surface area contributed by atoms with Gasteiger partial charge >= 0.3 is 12.0 Å². The molecule has 3 fully saturated rings. The van der Waals surface area contributed by atoms with E-state index in [-0.39, 0.29) is 18.0 Å². The number of carbonyl (C=O) groups excluding carboxylic acids is 2. The molecule has 0 saturated carbocycles. The first-order valence-electron chi connectivity index (χ1n) is 15.5. The molecule has 3 aliphatic heterocycles. The van der Waals surface area contributed by atoms with E-state index in [1.807, 2.05) is 17.0 Å². The van der Waals surface area contributed by atoms with Gasteiger partial charge in [0.05, 0.1) is 26.4 Å². The molecule has 6 rings (SSSR count). The summed E-state index contributed by atoms with van der Waals surface area (Å²) in [7, 11) is 4.16. The number of likely N-dealkylation sites (tertiary alicyclic amines) is 1. The summed E-state index contributed by atoms with van der Waals surface area (Å²) in [5.41, 5.74) is 2.57. The second kappa shape index (κ2) is 14.2. The fraction of sp³-hybridized carbons (Fsp3) is 0.469. The van der Waals surface area contributed by atoms with Crippen LogP contribution in [-0.4, -0.2) is 116 Å². The van der Waals surface area contributed by atoms with Crippen molar-refractivity contribution in [3.05, 3.63) is 54.1 Å². The Kier molecular flexibility index (Phi) is 9.67. The molecule has 238 valence electrons. The van der Waals surface area contributed by atoms with Crippen LogP contribution in [0.1, 0.15) is 29.6 Å². The van der Waals surface area contributed by atoms with E-state index in [9.17, 15) is 9.59 Å². The normalized spacial score (nSPS) is 19.0. The highest BCUT2D eigenvalue weighted by atomic mass is 16.6. The van der Waals surface area contributed by atoms with Gasteiger partial charge in [-0.05, 0) is 75.5 Å². The van der Waals surface area contributed by atoms with Crippen molar-refractivity contribution in [1.82, 2.24) is 24.8 Å². The maximum Gasteiger partial charge on any atom is 0.323 e. The maximum absolute atomic E-state index is 13.0. The molecule has 13 heteroatoms. The molecule has 0 aliphatic carbocycles. The van der Waals surface area contributed by atoms with Crippen LogP contribution in [0.25, 0.3) is 11.4 Å². The van der Waals surface area contributed by atoms with Crippen molar-refractivity contribution in [2.45, 2.75) is 31.4 Å². The average molecular weight is 617 g/mol. The lowest BCUT2D eigenvalue weighted by Gasteiger charge is -2.35. The first kappa shape index (κ1) is 30.7. The molecular weight excluding hydrogens is 576 g/mol. The Balaban J connectivity index is 1.06. The van der Waals surface area contributed by atoms with Gasteiger partial charge in [0, 0.05) is 61.1 Å². The zero-order valence-corrected chi connectivity index (χ0v) is 25.8. The van der Waals surface area contributed by atoms with E-state index in [1.54, 1.807) is 36.4 Å². The first-order valence-corrected chi connectivity index (χ1v) is 15.5. The number of piperidine rings is 1. The van der Waals surface area contributed by atoms with Crippen molar-refractivity contribution < 1.29 is 23.8 Å². The second-order valence-electron chi connectivity index (χ2n) is 11.7. The summed E-state index contributed by atoms with van der Waals surface area (Å²) < 4.78 is 17.0. The fourth-order valence-corrected chi connectivity index (χ4v) is 5.65. The molecule has 0 unspecified atom stereocenters. The number of ether oxygens (including phenoxy) is 3. The Labute approximate surface area is 262 Å². The lowest BCUT2D eigenvalue weighted by molar-refractivity contribution is 0.0663. The third-order valence-corrected chi connectivity index (χ3v) is 8.33. The van der Waals surface area contributed by atoms with Crippen LogP contribution in [0, 0.1) is 0 Å². The lowest BCUT2D eigenvalue weighted by Crippen LogP contribution is -2.44. The third-order valence-electron chi connectivity index (χ3n) is 8.33. The van der Waals surface area contributed by atoms with Gasteiger partial charge in [0.15, 0.2) is 5.82 Å². The van der Waals surface area contributed by atoms with Crippen molar-refractivity contribution in [1.29, 1.82) is 0 Å². The summed E-state index contributed by atoms with van der Waals surface area (Å²) in [6.45, 7) is 5.23. The van der Waals surface area contributed by atoms with Crippen LogP contribution in [0.2, 0.25) is 0 Å². The van der Waals surface area contributed by atoms with Crippen LogP contribution in [0.3, 0.4) is 0 Å². The van der Waals surface area contributed by atoms with Crippen LogP contribution >= 0.6 is 0 Å². The number of nitrogens with zero attached hydrogens (tertiary/aromatic N) is 6. The molecule has 45 heavy (non-hydrogen) atoms. The molecule has 3 saturated heterocycles. The molecule has 1 aromatic heterocycles. The number of rotatable bonds is 8. The van der Waals surface area contributed by atoms with E-state index in [1.165, 1.54) is 0 Å². The van der Waals surface area contributed by atoms with E-state index < -0.39 is 6.03 Å². The van der Waals surface area contributed by atoms with E-state index in [2.05, 4.69) is 44.5 Å². The topological polar surface area (TPSA) is 134 Å². The van der Waals surface area contributed by atoms with Gasteiger partial charge in [0.25, 0.3) is 5.91 Å². The summed E-state index contributed by atoms with van der Waals surface area (Å²) in [5.74, 6) is 1.04. The largest absolute Gasteiger partial charge is 0.457 e. The zero-order chi connectivity index (χ0) is 31.2. The molecule has 2 aromatic carbocycles. The predicted octanol–water partition coefficient (Wildman–Crippen LogP) is 3.35. The zero-order valence-electron chi connectivity index (χ0n) is 25.8. The molecule has 0 bridgehead atoms. The van der Waals surface area contributed by atoms with Crippen molar-refractivity contribution in [2.24, 2.45) is 0 Å². The summed E-state index contributed by atoms with van der Waals surface area (Å²) in [6.07, 6.45) is 2.63. The number of aromatic nitrogens is 3. The van der Waals surface area contributed by atoms with Gasteiger partial charge in [-0.1, -0.05) is 0 Å². The molecule has 2 N–H and O–H groups in total. The van der Waals surface area contributed by atoms with E-state index in [0.717, 1.165) is 37.9 Å². The Morgan fingerprint density at radius 2 is 1.49 bits per heavy atom. The smallest absolute Gasteiger partial charge is 0.323 e. The Morgan fingerprint density at radius 1 is 0.822 bits per heavy atom. The number of morpholine rings is 1. The van der Waals surface area contributed by atoms with Crippen molar-refractivity contribution >= 4 is 29.3 Å². The number of hydrogen-bond donors (Lipinski definition) is 2. The van der Waals surface area contributed by atoms with Crippen LogP contribution in [0.15, 0.2) is 48.5 Å². The minimum atomic E-state index is -0.392. The predicted molar refractivity (Wildman–Crippen MR) is 170 cm³/mol. The van der Waals surface area contributed by atoms with E-state index in [0.29, 0.717) is 74.3 Å². The number of benzene rings is 2. The molecule has 3 aromatic rings. The van der Waals surface area contributed by atoms with Gasteiger partial charge in [-0.25, -0.2) is 4.79 Å². The van der Waals surface area contributed by atoms with Crippen LogP contribution in [0.5, 0.6) is 6.01 Å². The van der Waals surface area contributed by atoms with Gasteiger partial charge in [0.1, 0.15) is 6.10 Å². The summed E-state index contributed by atoms with van der Waals surface area (Å²) >= 11 is 0. The number of anilines is 3. The van der Waals surface area contributed by atoms with Crippen molar-refractivity contribution in [2.75, 3.05) is 82.2 Å². The summed E-state index contributed by atoms with van der Waals surface area (Å²) in [6, 6.07) is 14.6. The van der Waals surface area contributed by atoms with Crippen LogP contribution < -0.4 is 20.3 Å². The second-order valence-corrected chi connectivity index (χ2v) is 11.7. The van der Waals surface area contributed by atoms with Gasteiger partial charge in [0.2, 0.25) is 5.95 Å². The molecule has 3 aliphatic rings. The monoisotopic (exact) mass is 616 g/mol. The van der Waals surface area contributed by atoms with Gasteiger partial charge in [-0.2, -0.15) is 15.0 Å². The maximum atomic E-state index is 13.0. The van der Waals surface area contributed by atoms with Gasteiger partial charge in [-0.3, -0.25) is 4.79 Å². The summed E-state index contributed by atoms with van der Waals surface area (Å²) in [4.78, 5) is 45.7. The Bertz CT molecular complexity index is 1450. The average Bonchev–Trinajstić information content (AvgIpc) is 3.58. The molecular formula is C32H40N8O5. The third kappa shape index (κ3) is 7.85. The molecule has 3 amide bonds. The lowest BCUT2D eigenvalue weighted by atomic mass is 10.0. The van der Waals surface area contributed by atoms with Crippen LogP contribution in [-0.2, 0) is 9.47 Å². The van der Waals surface area contributed by atoms with E-state index >= 15 is 0 Å². The molecule has 13 nitrogen and oxygen atoms in total. The SMILES string of the molecule is CN(C)C1CCN(C(=O)c2ccc(NC(=O)Nc3ccc(-c4nc(O[C@H]5CCOC5)nc(N5CCOCC5)n4)cc3)cc2)CC1. The minimum Gasteiger partial charge on any atom is -0.457 e. The molecule has 4 heterocycles. The van der Waals surface area contributed by atoms with Gasteiger partial charge in [-0.15, -0.1) is 0 Å². The van der Waals surface area contributed by atoms with Crippen molar-refractivity contribution in [3.8, 4) is 17.4 Å². The molecule has 1 atom stereocenters. The summed E-state index contributed by atoms with van der Waals surface area (Å²) in [5, 5.41) is 5.68. The number of nitrogens with one attached hydrogen (secondary N) is 2. The minimum absolute atomic E-state index is 0.0183. The quantitative estimate of drug-likeness (QED) is 0.388. The number of urea groups is 1. The van der Waals surface area contributed by atoms with Crippen molar-refractivity contribution in [3.63, 3.8) is 0 Å². The molecule has 0 radical (unpaired) electrons. The standard InChI is InChI=1S/C32H40N8O5/c1-38(2)26-11-14-39(15-12-26)29(41)23-5-9-25(10-6-23)34-31(42)33-24-7-3-22(4-8-24)28-35-30(40-16-19-43-20-17-40)37-32(36-28)45-27-13-18-44-21-27/h3-10,26-27H,11-21H2,1-2H3,(H2,33,34,42)/t27-/m0/s1. The van der Waals surface area contributed by atoms with Gasteiger partial charge < -0.3 is 39.5 Å². The number of carbonyl (C=O) groups is 2. The first-order chi connectivity index (χ1) is 21.9. The molecule has 0 spiro atoms. The Morgan fingerprint density at radius 3 is 2.11 bits per heavy atom. The Hall–Kier alpha value is -4.33. The number of amides is 3. The highest BCUT2D eigenvalue weighted by Crippen LogP contribution is 2.25. The fourth-order valence-electron chi connectivity index (χ4n) is 5.65.